The summed E-state index contributed by atoms with van der Waals surface area (Å²) in [5.74, 6) is 1.10. The van der Waals surface area contributed by atoms with Gasteiger partial charge in [-0.25, -0.2) is 4.79 Å². The first-order chi connectivity index (χ1) is 6.56. The Morgan fingerprint density at radius 3 is 3.00 bits per heavy atom. The van der Waals surface area contributed by atoms with E-state index in [0.29, 0.717) is 5.25 Å². The fraction of sp³-hybridized carbons (Fsp3) is 0.750. The molecule has 0 bridgehead atoms. The molecule has 0 aromatic carbocycles. The molecule has 6 heteroatoms. The molecule has 1 saturated heterocycles. The van der Waals surface area contributed by atoms with Crippen molar-refractivity contribution in [2.45, 2.75) is 23.2 Å². The highest BCUT2D eigenvalue weighted by Crippen LogP contribution is 2.46. The standard InChI is InChI=1S/C8H14N2O2S2/c1-6-4-13-8(2,14-6)5-10-12-7(11)9-3/h5-6H,4H2,1-3H3,(H,9,11)/b10-5+/t6-,8-/m1/s1. The lowest BCUT2D eigenvalue weighted by atomic mass is 10.5. The van der Waals surface area contributed by atoms with Crippen LogP contribution in [0.3, 0.4) is 0 Å². The fourth-order valence-corrected chi connectivity index (χ4v) is 4.07. The van der Waals surface area contributed by atoms with Gasteiger partial charge in [0, 0.05) is 18.1 Å². The average Bonchev–Trinajstić information content (AvgIpc) is 2.46. The summed E-state index contributed by atoms with van der Waals surface area (Å²) in [6.45, 7) is 4.25. The molecule has 1 amide bonds. The molecule has 1 heterocycles. The lowest BCUT2D eigenvalue weighted by Gasteiger charge is -2.14. The highest BCUT2D eigenvalue weighted by Gasteiger charge is 2.33. The lowest BCUT2D eigenvalue weighted by Crippen LogP contribution is -2.19. The van der Waals surface area contributed by atoms with Crippen LogP contribution >= 0.6 is 23.5 Å². The number of nitrogens with one attached hydrogen (secondary N) is 1. The molecule has 1 aliphatic heterocycles. The van der Waals surface area contributed by atoms with Gasteiger partial charge in [-0.3, -0.25) is 4.84 Å². The third-order valence-corrected chi connectivity index (χ3v) is 5.01. The maximum atomic E-state index is 10.7. The highest BCUT2D eigenvalue weighted by atomic mass is 32.2. The Balaban J connectivity index is 2.39. The van der Waals surface area contributed by atoms with Gasteiger partial charge in [0.15, 0.2) is 0 Å². The van der Waals surface area contributed by atoms with E-state index in [2.05, 4.69) is 29.2 Å². The number of amides is 1. The van der Waals surface area contributed by atoms with Crippen LogP contribution in [-0.4, -0.2) is 34.4 Å². The summed E-state index contributed by atoms with van der Waals surface area (Å²) >= 11 is 3.64. The largest absolute Gasteiger partial charge is 0.433 e. The third-order valence-electron chi connectivity index (χ3n) is 1.67. The zero-order valence-electron chi connectivity index (χ0n) is 8.44. The molecule has 1 N–H and O–H groups in total. The van der Waals surface area contributed by atoms with E-state index >= 15 is 0 Å². The number of carbonyl (C=O) groups is 1. The number of thioether (sulfide) groups is 2. The fourth-order valence-electron chi connectivity index (χ4n) is 1.03. The van der Waals surface area contributed by atoms with Gasteiger partial charge in [-0.2, -0.15) is 0 Å². The third kappa shape index (κ3) is 3.42. The van der Waals surface area contributed by atoms with E-state index in [0.717, 1.165) is 5.75 Å². The first kappa shape index (κ1) is 11.7. The minimum atomic E-state index is -0.536. The van der Waals surface area contributed by atoms with Crippen LogP contribution in [0.1, 0.15) is 13.8 Å². The number of rotatable bonds is 2. The molecule has 1 rings (SSSR count). The number of nitrogens with zero attached hydrogens (tertiary/aromatic N) is 1. The second-order valence-electron chi connectivity index (χ2n) is 3.12. The molecule has 1 fully saturated rings. The predicted molar refractivity (Wildman–Crippen MR) is 61.9 cm³/mol. The summed E-state index contributed by atoms with van der Waals surface area (Å²) in [6.07, 6.45) is 1.15. The van der Waals surface area contributed by atoms with Crippen molar-refractivity contribution in [3.63, 3.8) is 0 Å². The van der Waals surface area contributed by atoms with Gasteiger partial charge in [0.1, 0.15) is 0 Å². The van der Waals surface area contributed by atoms with Gasteiger partial charge in [0.2, 0.25) is 0 Å². The summed E-state index contributed by atoms with van der Waals surface area (Å²) in [6, 6.07) is 0. The molecule has 0 aromatic heterocycles. The lowest BCUT2D eigenvalue weighted by molar-refractivity contribution is 0.153. The van der Waals surface area contributed by atoms with Crippen molar-refractivity contribution in [1.82, 2.24) is 5.32 Å². The normalized spacial score (nSPS) is 32.1. The van der Waals surface area contributed by atoms with Crippen LogP contribution in [0.15, 0.2) is 5.16 Å². The molecule has 80 valence electrons. The maximum absolute atomic E-state index is 10.7. The van der Waals surface area contributed by atoms with Gasteiger partial charge in [-0.15, -0.1) is 23.5 Å². The van der Waals surface area contributed by atoms with Gasteiger partial charge in [-0.05, 0) is 6.92 Å². The van der Waals surface area contributed by atoms with Crippen molar-refractivity contribution < 1.29 is 9.63 Å². The molecule has 0 radical (unpaired) electrons. The van der Waals surface area contributed by atoms with Gasteiger partial charge in [0.25, 0.3) is 0 Å². The molecule has 2 atom stereocenters. The van der Waals surface area contributed by atoms with E-state index in [1.165, 1.54) is 7.05 Å². The highest BCUT2D eigenvalue weighted by molar-refractivity contribution is 8.22. The van der Waals surface area contributed by atoms with Crippen LogP contribution in [0.4, 0.5) is 4.79 Å². The quantitative estimate of drug-likeness (QED) is 0.450. The predicted octanol–water partition coefficient (Wildman–Crippen LogP) is 1.91. The van der Waals surface area contributed by atoms with Crippen LogP contribution in [-0.2, 0) is 4.84 Å². The zero-order valence-corrected chi connectivity index (χ0v) is 10.1. The van der Waals surface area contributed by atoms with Gasteiger partial charge >= 0.3 is 6.09 Å². The number of hydrogen-bond donors (Lipinski definition) is 1. The van der Waals surface area contributed by atoms with Crippen LogP contribution < -0.4 is 5.32 Å². The monoisotopic (exact) mass is 234 g/mol. The van der Waals surface area contributed by atoms with Crippen LogP contribution in [0.5, 0.6) is 0 Å². The van der Waals surface area contributed by atoms with Crippen LogP contribution in [0.2, 0.25) is 0 Å². The molecule has 0 saturated carbocycles. The van der Waals surface area contributed by atoms with Crippen molar-refractivity contribution in [3.05, 3.63) is 0 Å². The smallest absolute Gasteiger partial charge is 0.323 e. The topological polar surface area (TPSA) is 50.7 Å². The van der Waals surface area contributed by atoms with E-state index < -0.39 is 6.09 Å². The van der Waals surface area contributed by atoms with E-state index in [9.17, 15) is 4.79 Å². The summed E-state index contributed by atoms with van der Waals surface area (Å²) < 4.78 is -0.0621. The second kappa shape index (κ2) is 4.93. The average molecular weight is 234 g/mol. The number of hydrogen-bond acceptors (Lipinski definition) is 5. The van der Waals surface area contributed by atoms with E-state index in [-0.39, 0.29) is 4.08 Å². The maximum Gasteiger partial charge on any atom is 0.433 e. The van der Waals surface area contributed by atoms with E-state index in [1.807, 2.05) is 23.5 Å². The molecule has 0 aliphatic carbocycles. The van der Waals surface area contributed by atoms with Gasteiger partial charge < -0.3 is 5.32 Å². The molecule has 0 aromatic rings. The number of carbonyl (C=O) groups excluding carboxylic acids is 1. The van der Waals surface area contributed by atoms with Crippen molar-refractivity contribution >= 4 is 35.8 Å². The second-order valence-corrected chi connectivity index (χ2v) is 6.74. The van der Waals surface area contributed by atoms with E-state index in [1.54, 1.807) is 6.21 Å². The Morgan fingerprint density at radius 2 is 2.50 bits per heavy atom. The molecule has 14 heavy (non-hydrogen) atoms. The van der Waals surface area contributed by atoms with Crippen LogP contribution in [0, 0.1) is 0 Å². The Kier molecular flexibility index (Phi) is 4.12. The molecule has 0 unspecified atom stereocenters. The summed E-state index contributed by atoms with van der Waals surface area (Å²) in [5.41, 5.74) is 0. The Hall–Kier alpha value is -0.360. The van der Waals surface area contributed by atoms with Crippen molar-refractivity contribution in [2.75, 3.05) is 12.8 Å². The molecular weight excluding hydrogens is 220 g/mol. The minimum absolute atomic E-state index is 0.0621. The van der Waals surface area contributed by atoms with Crippen LogP contribution in [0.25, 0.3) is 0 Å². The Labute approximate surface area is 92.2 Å². The molecule has 1 aliphatic rings. The first-order valence-electron chi connectivity index (χ1n) is 4.31. The van der Waals surface area contributed by atoms with E-state index in [4.69, 9.17) is 0 Å². The SMILES string of the molecule is CNC(=O)O/N=C/[C@]1(C)SC[C@@H](C)S1. The minimum Gasteiger partial charge on any atom is -0.323 e. The zero-order chi connectivity index (χ0) is 10.6. The number of oxime groups is 1. The van der Waals surface area contributed by atoms with Crippen molar-refractivity contribution in [3.8, 4) is 0 Å². The summed E-state index contributed by atoms with van der Waals surface area (Å²) in [7, 11) is 1.50. The van der Waals surface area contributed by atoms with Crippen molar-refractivity contribution in [2.24, 2.45) is 5.16 Å². The summed E-state index contributed by atoms with van der Waals surface area (Å²) in [5, 5.41) is 6.60. The van der Waals surface area contributed by atoms with Crippen molar-refractivity contribution in [1.29, 1.82) is 0 Å². The Morgan fingerprint density at radius 1 is 1.79 bits per heavy atom. The first-order valence-corrected chi connectivity index (χ1v) is 6.17. The molecular formula is C8H14N2O2S2. The molecule has 4 nitrogen and oxygen atoms in total. The van der Waals surface area contributed by atoms with Gasteiger partial charge in [0.05, 0.1) is 10.3 Å². The van der Waals surface area contributed by atoms with Gasteiger partial charge in [-0.1, -0.05) is 12.1 Å². The summed E-state index contributed by atoms with van der Waals surface area (Å²) in [4.78, 5) is 15.2. The Bertz CT molecular complexity index is 247. The molecule has 0 spiro atoms.